The van der Waals surface area contributed by atoms with Crippen LogP contribution in [0.5, 0.6) is 0 Å². The van der Waals surface area contributed by atoms with Crippen LogP contribution < -0.4 is 4.90 Å². The van der Waals surface area contributed by atoms with Crippen LogP contribution in [0.3, 0.4) is 0 Å². The summed E-state index contributed by atoms with van der Waals surface area (Å²) < 4.78 is 0. The summed E-state index contributed by atoms with van der Waals surface area (Å²) in [5, 5.41) is 20.6. The summed E-state index contributed by atoms with van der Waals surface area (Å²) in [6.07, 6.45) is 0.843. The summed E-state index contributed by atoms with van der Waals surface area (Å²) in [7, 11) is 0. The van der Waals surface area contributed by atoms with Gasteiger partial charge in [-0.3, -0.25) is 10.1 Å². The zero-order chi connectivity index (χ0) is 13.3. The maximum absolute atomic E-state index is 11.1. The molecule has 1 aliphatic rings. The van der Waals surface area contributed by atoms with Gasteiger partial charge in [0, 0.05) is 18.8 Å². The van der Waals surface area contributed by atoms with Crippen molar-refractivity contribution in [3.8, 4) is 0 Å². The molecule has 0 bridgehead atoms. The summed E-state index contributed by atoms with van der Waals surface area (Å²) >= 11 is 5.92. The molecule has 1 saturated heterocycles. The van der Waals surface area contributed by atoms with Gasteiger partial charge in [0.2, 0.25) is 5.82 Å². The molecule has 0 unspecified atom stereocenters. The van der Waals surface area contributed by atoms with Gasteiger partial charge >= 0.3 is 5.69 Å². The number of hydrogen-bond donors (Lipinski definition) is 1. The van der Waals surface area contributed by atoms with Crippen LogP contribution in [0.15, 0.2) is 6.07 Å². The highest BCUT2D eigenvalue weighted by Gasteiger charge is 2.28. The molecule has 0 aromatic carbocycles. The SMILES string of the molecule is Cc1cc(Cl)c([N+](=O)[O-])c(N2CCC(O)CC2)n1. The third-order valence-electron chi connectivity index (χ3n) is 3.00. The lowest BCUT2D eigenvalue weighted by atomic mass is 10.1. The number of anilines is 1. The van der Waals surface area contributed by atoms with Gasteiger partial charge in [0.25, 0.3) is 0 Å². The summed E-state index contributed by atoms with van der Waals surface area (Å²) in [4.78, 5) is 16.6. The molecule has 7 heteroatoms. The maximum Gasteiger partial charge on any atom is 0.330 e. The van der Waals surface area contributed by atoms with E-state index in [1.165, 1.54) is 6.07 Å². The van der Waals surface area contributed by atoms with Crippen molar-refractivity contribution in [3.05, 3.63) is 26.9 Å². The topological polar surface area (TPSA) is 79.5 Å². The fourth-order valence-electron chi connectivity index (χ4n) is 2.08. The largest absolute Gasteiger partial charge is 0.393 e. The quantitative estimate of drug-likeness (QED) is 0.656. The first kappa shape index (κ1) is 13.0. The van der Waals surface area contributed by atoms with Gasteiger partial charge in [0.1, 0.15) is 5.02 Å². The van der Waals surface area contributed by atoms with Crippen LogP contribution in [0.2, 0.25) is 5.02 Å². The van der Waals surface area contributed by atoms with E-state index >= 15 is 0 Å². The molecule has 1 aromatic rings. The van der Waals surface area contributed by atoms with Crippen molar-refractivity contribution in [1.82, 2.24) is 4.98 Å². The minimum absolute atomic E-state index is 0.105. The molecular formula is C11H14ClN3O3. The van der Waals surface area contributed by atoms with E-state index in [4.69, 9.17) is 11.6 Å². The first-order valence-electron chi connectivity index (χ1n) is 5.73. The van der Waals surface area contributed by atoms with Gasteiger partial charge in [-0.15, -0.1) is 0 Å². The molecule has 0 atom stereocenters. The van der Waals surface area contributed by atoms with Crippen molar-refractivity contribution >= 4 is 23.1 Å². The second kappa shape index (κ2) is 5.07. The van der Waals surface area contributed by atoms with Gasteiger partial charge in [-0.05, 0) is 25.8 Å². The second-order valence-corrected chi connectivity index (χ2v) is 4.80. The predicted octanol–water partition coefficient (Wildman–Crippen LogP) is 1.91. The average molecular weight is 272 g/mol. The smallest absolute Gasteiger partial charge is 0.330 e. The van der Waals surface area contributed by atoms with Crippen LogP contribution in [0.1, 0.15) is 18.5 Å². The minimum atomic E-state index is -0.505. The molecule has 2 rings (SSSR count). The Labute approximate surface area is 109 Å². The molecule has 1 fully saturated rings. The molecule has 0 amide bonds. The van der Waals surface area contributed by atoms with E-state index in [1.54, 1.807) is 6.92 Å². The summed E-state index contributed by atoms with van der Waals surface area (Å²) in [5.74, 6) is 0.303. The molecule has 18 heavy (non-hydrogen) atoms. The average Bonchev–Trinajstić information content (AvgIpc) is 2.28. The normalized spacial score (nSPS) is 16.9. The number of aromatic nitrogens is 1. The predicted molar refractivity (Wildman–Crippen MR) is 68.1 cm³/mol. The second-order valence-electron chi connectivity index (χ2n) is 4.39. The molecule has 1 N–H and O–H groups in total. The summed E-state index contributed by atoms with van der Waals surface area (Å²) in [5.41, 5.74) is 0.491. The number of aryl methyl sites for hydroxylation is 1. The van der Waals surface area contributed by atoms with E-state index in [1.807, 2.05) is 4.90 Å². The first-order valence-corrected chi connectivity index (χ1v) is 6.11. The number of nitrogens with zero attached hydrogens (tertiary/aromatic N) is 3. The van der Waals surface area contributed by atoms with Crippen molar-refractivity contribution in [3.63, 3.8) is 0 Å². The van der Waals surface area contributed by atoms with Crippen LogP contribution in [-0.4, -0.2) is 34.2 Å². The molecule has 2 heterocycles. The molecule has 98 valence electrons. The number of piperidine rings is 1. The first-order chi connectivity index (χ1) is 8.49. The zero-order valence-corrected chi connectivity index (χ0v) is 10.7. The molecule has 1 aliphatic heterocycles. The van der Waals surface area contributed by atoms with Crippen LogP contribution >= 0.6 is 11.6 Å². The number of nitro groups is 1. The molecule has 0 spiro atoms. The summed E-state index contributed by atoms with van der Waals surface area (Å²) in [6.45, 7) is 2.85. The Morgan fingerprint density at radius 3 is 2.72 bits per heavy atom. The lowest BCUT2D eigenvalue weighted by molar-refractivity contribution is -0.384. The highest BCUT2D eigenvalue weighted by molar-refractivity contribution is 6.33. The zero-order valence-electron chi connectivity index (χ0n) is 9.97. The fourth-order valence-corrected chi connectivity index (χ4v) is 2.39. The van der Waals surface area contributed by atoms with Gasteiger partial charge in [0.15, 0.2) is 0 Å². The maximum atomic E-state index is 11.1. The van der Waals surface area contributed by atoms with Crippen molar-refractivity contribution in [1.29, 1.82) is 0 Å². The van der Waals surface area contributed by atoms with E-state index in [0.29, 0.717) is 37.4 Å². The van der Waals surface area contributed by atoms with E-state index in [-0.39, 0.29) is 16.8 Å². The van der Waals surface area contributed by atoms with Crippen molar-refractivity contribution in [2.75, 3.05) is 18.0 Å². The van der Waals surface area contributed by atoms with Gasteiger partial charge in [-0.1, -0.05) is 11.6 Å². The van der Waals surface area contributed by atoms with Gasteiger partial charge in [-0.2, -0.15) is 0 Å². The van der Waals surface area contributed by atoms with Crippen molar-refractivity contribution in [2.45, 2.75) is 25.9 Å². The molecular weight excluding hydrogens is 258 g/mol. The van der Waals surface area contributed by atoms with Gasteiger partial charge in [0.05, 0.1) is 11.0 Å². The number of pyridine rings is 1. The number of aliphatic hydroxyl groups is 1. The monoisotopic (exact) mass is 271 g/mol. The Hall–Kier alpha value is -1.40. The fraction of sp³-hybridized carbons (Fsp3) is 0.545. The number of halogens is 1. The molecule has 0 aliphatic carbocycles. The standard InChI is InChI=1S/C11H14ClN3O3/c1-7-6-9(12)10(15(17)18)11(13-7)14-4-2-8(16)3-5-14/h6,8,16H,2-5H2,1H3. The highest BCUT2D eigenvalue weighted by atomic mass is 35.5. The lowest BCUT2D eigenvalue weighted by Crippen LogP contribution is -2.36. The van der Waals surface area contributed by atoms with Gasteiger partial charge < -0.3 is 10.0 Å². The summed E-state index contributed by atoms with van der Waals surface area (Å²) in [6, 6.07) is 1.49. The Morgan fingerprint density at radius 1 is 1.56 bits per heavy atom. The Morgan fingerprint density at radius 2 is 2.17 bits per heavy atom. The van der Waals surface area contributed by atoms with E-state index in [0.717, 1.165) is 0 Å². The van der Waals surface area contributed by atoms with Crippen LogP contribution in [-0.2, 0) is 0 Å². The van der Waals surface area contributed by atoms with E-state index in [2.05, 4.69) is 4.98 Å². The van der Waals surface area contributed by atoms with Crippen LogP contribution in [0.4, 0.5) is 11.5 Å². The number of hydrogen-bond acceptors (Lipinski definition) is 5. The van der Waals surface area contributed by atoms with E-state index in [9.17, 15) is 15.2 Å². The van der Waals surface area contributed by atoms with Crippen LogP contribution in [0.25, 0.3) is 0 Å². The lowest BCUT2D eigenvalue weighted by Gasteiger charge is -2.30. The highest BCUT2D eigenvalue weighted by Crippen LogP contribution is 2.35. The Kier molecular flexibility index (Phi) is 3.68. The third kappa shape index (κ3) is 2.54. The Balaban J connectivity index is 2.39. The third-order valence-corrected chi connectivity index (χ3v) is 3.29. The van der Waals surface area contributed by atoms with Crippen LogP contribution in [0, 0.1) is 17.0 Å². The van der Waals surface area contributed by atoms with Crippen molar-refractivity contribution in [2.24, 2.45) is 0 Å². The van der Waals surface area contributed by atoms with Gasteiger partial charge in [-0.25, -0.2) is 4.98 Å². The molecule has 6 nitrogen and oxygen atoms in total. The number of rotatable bonds is 2. The van der Waals surface area contributed by atoms with Crippen molar-refractivity contribution < 1.29 is 10.0 Å². The molecule has 0 saturated carbocycles. The van der Waals surface area contributed by atoms with E-state index < -0.39 is 4.92 Å². The number of aliphatic hydroxyl groups excluding tert-OH is 1. The molecule has 0 radical (unpaired) electrons. The minimum Gasteiger partial charge on any atom is -0.393 e. The molecule has 1 aromatic heterocycles. The Bertz CT molecular complexity index is 473.